The maximum atomic E-state index is 13.3. The number of benzene rings is 2. The molecule has 8 nitrogen and oxygen atoms in total. The standard InChI is InChI=1S/C21H21N3O5S/c1-16-8-10-20(11-9-16)30(26,27)24(17-5-3-6-18(13-17)28-2)15-21(25)23-22-14-19-7-4-12-29-19/h3-14H,15H2,1-2H3,(H,23,25)/b22-14-. The van der Waals surface area contributed by atoms with Gasteiger partial charge in [0.25, 0.3) is 15.9 Å². The van der Waals surface area contributed by atoms with Crippen molar-refractivity contribution in [2.75, 3.05) is 18.0 Å². The Morgan fingerprint density at radius 2 is 1.93 bits per heavy atom. The largest absolute Gasteiger partial charge is 0.497 e. The lowest BCUT2D eigenvalue weighted by Gasteiger charge is -2.24. The van der Waals surface area contributed by atoms with Crippen LogP contribution in [0.2, 0.25) is 0 Å². The van der Waals surface area contributed by atoms with Crippen molar-refractivity contribution in [1.82, 2.24) is 5.43 Å². The fraction of sp³-hybridized carbons (Fsp3) is 0.143. The molecule has 3 aromatic rings. The number of nitrogens with zero attached hydrogens (tertiary/aromatic N) is 2. The number of rotatable bonds is 8. The number of carbonyl (C=O) groups excluding carboxylic acids is 1. The predicted octanol–water partition coefficient (Wildman–Crippen LogP) is 2.94. The number of nitrogens with one attached hydrogen (secondary N) is 1. The summed E-state index contributed by atoms with van der Waals surface area (Å²) in [5.74, 6) is 0.302. The number of aryl methyl sites for hydroxylation is 1. The molecule has 0 fully saturated rings. The number of hydrogen-bond donors (Lipinski definition) is 1. The lowest BCUT2D eigenvalue weighted by atomic mass is 10.2. The molecule has 0 radical (unpaired) electrons. The van der Waals surface area contributed by atoms with Gasteiger partial charge < -0.3 is 9.15 Å². The summed E-state index contributed by atoms with van der Waals surface area (Å²) in [7, 11) is -2.53. The number of carbonyl (C=O) groups is 1. The van der Waals surface area contributed by atoms with Crippen molar-refractivity contribution in [2.24, 2.45) is 5.10 Å². The number of methoxy groups -OCH3 is 1. The number of hydrogen-bond acceptors (Lipinski definition) is 6. The number of sulfonamides is 1. The van der Waals surface area contributed by atoms with Gasteiger partial charge >= 0.3 is 0 Å². The Morgan fingerprint density at radius 1 is 1.17 bits per heavy atom. The monoisotopic (exact) mass is 427 g/mol. The molecule has 0 spiro atoms. The van der Waals surface area contributed by atoms with E-state index in [0.717, 1.165) is 9.87 Å². The van der Waals surface area contributed by atoms with E-state index in [9.17, 15) is 13.2 Å². The lowest BCUT2D eigenvalue weighted by Crippen LogP contribution is -2.39. The topological polar surface area (TPSA) is 101 Å². The highest BCUT2D eigenvalue weighted by atomic mass is 32.2. The van der Waals surface area contributed by atoms with Crippen LogP contribution in [-0.4, -0.2) is 34.2 Å². The zero-order valence-corrected chi connectivity index (χ0v) is 17.3. The van der Waals surface area contributed by atoms with Crippen LogP contribution < -0.4 is 14.5 Å². The van der Waals surface area contributed by atoms with Gasteiger partial charge in [0, 0.05) is 6.07 Å². The summed E-state index contributed by atoms with van der Waals surface area (Å²) in [6.07, 6.45) is 2.80. The molecule has 3 rings (SSSR count). The van der Waals surface area contributed by atoms with E-state index in [1.54, 1.807) is 48.5 Å². The second-order valence-corrected chi connectivity index (χ2v) is 8.20. The van der Waals surface area contributed by atoms with Crippen LogP contribution in [0, 0.1) is 6.92 Å². The average Bonchev–Trinajstić information content (AvgIpc) is 3.26. The molecule has 1 N–H and O–H groups in total. The van der Waals surface area contributed by atoms with E-state index in [0.29, 0.717) is 17.2 Å². The van der Waals surface area contributed by atoms with E-state index in [4.69, 9.17) is 9.15 Å². The summed E-state index contributed by atoms with van der Waals surface area (Å²) in [4.78, 5) is 12.5. The van der Waals surface area contributed by atoms with Crippen molar-refractivity contribution in [3.63, 3.8) is 0 Å². The summed E-state index contributed by atoms with van der Waals surface area (Å²) < 4.78 is 37.9. The van der Waals surface area contributed by atoms with Gasteiger partial charge in [-0.05, 0) is 43.3 Å². The molecule has 0 unspecified atom stereocenters. The Kier molecular flexibility index (Phi) is 6.53. The highest BCUT2D eigenvalue weighted by molar-refractivity contribution is 7.92. The summed E-state index contributed by atoms with van der Waals surface area (Å²) in [5, 5.41) is 3.80. The van der Waals surface area contributed by atoms with Crippen molar-refractivity contribution >= 4 is 27.8 Å². The van der Waals surface area contributed by atoms with Crippen LogP contribution in [0.15, 0.2) is 81.3 Å². The lowest BCUT2D eigenvalue weighted by molar-refractivity contribution is -0.119. The van der Waals surface area contributed by atoms with Crippen LogP contribution >= 0.6 is 0 Å². The number of anilines is 1. The second-order valence-electron chi connectivity index (χ2n) is 6.33. The highest BCUT2D eigenvalue weighted by Crippen LogP contribution is 2.27. The molecule has 156 valence electrons. The van der Waals surface area contributed by atoms with Crippen molar-refractivity contribution in [1.29, 1.82) is 0 Å². The molecule has 2 aromatic carbocycles. The van der Waals surface area contributed by atoms with E-state index in [1.165, 1.54) is 31.7 Å². The van der Waals surface area contributed by atoms with E-state index >= 15 is 0 Å². The molecule has 0 saturated heterocycles. The summed E-state index contributed by atoms with van der Waals surface area (Å²) in [6, 6.07) is 16.2. The zero-order valence-electron chi connectivity index (χ0n) is 16.5. The first-order valence-electron chi connectivity index (χ1n) is 8.99. The van der Waals surface area contributed by atoms with Crippen molar-refractivity contribution < 1.29 is 22.4 Å². The van der Waals surface area contributed by atoms with Crippen LogP contribution in [0.1, 0.15) is 11.3 Å². The van der Waals surface area contributed by atoms with E-state index < -0.39 is 22.5 Å². The first-order valence-corrected chi connectivity index (χ1v) is 10.4. The molecule has 0 aliphatic rings. The van der Waals surface area contributed by atoms with Gasteiger partial charge in [-0.3, -0.25) is 9.10 Å². The molecule has 9 heteroatoms. The highest BCUT2D eigenvalue weighted by Gasteiger charge is 2.27. The predicted molar refractivity (Wildman–Crippen MR) is 113 cm³/mol. The third-order valence-electron chi connectivity index (χ3n) is 4.16. The molecule has 0 saturated carbocycles. The van der Waals surface area contributed by atoms with Gasteiger partial charge in [-0.1, -0.05) is 23.8 Å². The van der Waals surface area contributed by atoms with Gasteiger partial charge in [0.1, 0.15) is 18.1 Å². The maximum Gasteiger partial charge on any atom is 0.264 e. The Bertz CT molecular complexity index is 1120. The van der Waals surface area contributed by atoms with Gasteiger partial charge in [0.05, 0.1) is 30.2 Å². The number of ether oxygens (including phenoxy) is 1. The van der Waals surface area contributed by atoms with E-state index in [2.05, 4.69) is 10.5 Å². The fourth-order valence-electron chi connectivity index (χ4n) is 2.62. The van der Waals surface area contributed by atoms with Crippen LogP contribution in [0.3, 0.4) is 0 Å². The smallest absolute Gasteiger partial charge is 0.264 e. The summed E-state index contributed by atoms with van der Waals surface area (Å²) in [5.41, 5.74) is 3.53. The number of furan rings is 1. The Morgan fingerprint density at radius 3 is 2.60 bits per heavy atom. The van der Waals surface area contributed by atoms with Gasteiger partial charge in [-0.15, -0.1) is 0 Å². The normalized spacial score (nSPS) is 11.4. The quantitative estimate of drug-likeness (QED) is 0.440. The maximum absolute atomic E-state index is 13.3. The molecule has 1 heterocycles. The Balaban J connectivity index is 1.89. The number of amides is 1. The van der Waals surface area contributed by atoms with E-state index in [1.807, 2.05) is 6.92 Å². The number of hydrazone groups is 1. The van der Waals surface area contributed by atoms with Crippen molar-refractivity contribution in [2.45, 2.75) is 11.8 Å². The SMILES string of the molecule is COc1cccc(N(CC(=O)N/N=C\c2ccco2)S(=O)(=O)c2ccc(C)cc2)c1. The Hall–Kier alpha value is -3.59. The summed E-state index contributed by atoms with van der Waals surface area (Å²) in [6.45, 7) is 1.39. The van der Waals surface area contributed by atoms with Crippen molar-refractivity contribution in [3.05, 3.63) is 78.3 Å². The van der Waals surface area contributed by atoms with Gasteiger partial charge in [-0.2, -0.15) is 5.10 Å². The third-order valence-corrected chi connectivity index (χ3v) is 5.95. The minimum atomic E-state index is -4.01. The fourth-order valence-corrected chi connectivity index (χ4v) is 4.03. The Labute approximate surface area is 174 Å². The minimum absolute atomic E-state index is 0.0720. The van der Waals surface area contributed by atoms with Crippen LogP contribution in [0.5, 0.6) is 5.75 Å². The molecule has 0 aliphatic heterocycles. The molecular weight excluding hydrogens is 406 g/mol. The molecule has 0 atom stereocenters. The molecule has 0 aliphatic carbocycles. The minimum Gasteiger partial charge on any atom is -0.497 e. The van der Waals surface area contributed by atoms with Crippen LogP contribution in [-0.2, 0) is 14.8 Å². The molecular formula is C21H21N3O5S. The van der Waals surface area contributed by atoms with Crippen LogP contribution in [0.4, 0.5) is 5.69 Å². The van der Waals surface area contributed by atoms with Gasteiger partial charge in [-0.25, -0.2) is 13.8 Å². The first-order chi connectivity index (χ1) is 14.4. The molecule has 0 bridgehead atoms. The van der Waals surface area contributed by atoms with Gasteiger partial charge in [0.15, 0.2) is 0 Å². The third kappa shape index (κ3) is 5.06. The second kappa shape index (κ2) is 9.27. The van der Waals surface area contributed by atoms with E-state index in [-0.39, 0.29) is 4.90 Å². The molecule has 30 heavy (non-hydrogen) atoms. The van der Waals surface area contributed by atoms with Crippen LogP contribution in [0.25, 0.3) is 0 Å². The van der Waals surface area contributed by atoms with Crippen molar-refractivity contribution in [3.8, 4) is 5.75 Å². The molecule has 1 amide bonds. The molecule has 1 aromatic heterocycles. The average molecular weight is 427 g/mol. The van der Waals surface area contributed by atoms with Gasteiger partial charge in [0.2, 0.25) is 0 Å². The summed E-state index contributed by atoms with van der Waals surface area (Å²) >= 11 is 0. The zero-order chi connectivity index (χ0) is 21.6. The first kappa shape index (κ1) is 21.1.